The van der Waals surface area contributed by atoms with Gasteiger partial charge in [0.15, 0.2) is 0 Å². The lowest BCUT2D eigenvalue weighted by Crippen LogP contribution is -2.42. The summed E-state index contributed by atoms with van der Waals surface area (Å²) in [6, 6.07) is 3.89. The molecule has 0 spiro atoms. The quantitative estimate of drug-likeness (QED) is 0.712. The van der Waals surface area contributed by atoms with Gasteiger partial charge in [-0.3, -0.25) is 4.79 Å². The van der Waals surface area contributed by atoms with Crippen molar-refractivity contribution in [2.45, 2.75) is 44.6 Å². The molecule has 1 aliphatic rings. The fourth-order valence-corrected chi connectivity index (χ4v) is 3.59. The highest BCUT2D eigenvalue weighted by Crippen LogP contribution is 2.21. The Kier molecular flexibility index (Phi) is 8.00. The lowest BCUT2D eigenvalue weighted by molar-refractivity contribution is -0.141. The van der Waals surface area contributed by atoms with Gasteiger partial charge in [0, 0.05) is 36.1 Å². The summed E-state index contributed by atoms with van der Waals surface area (Å²) in [4.78, 5) is 23.5. The number of hydrogen-bond donors (Lipinski definition) is 2. The number of ether oxygens (including phenoxy) is 1. The maximum atomic E-state index is 12.1. The highest BCUT2D eigenvalue weighted by molar-refractivity contribution is 6.34. The Morgan fingerprint density at radius 3 is 2.44 bits per heavy atom. The van der Waals surface area contributed by atoms with Crippen molar-refractivity contribution in [3.05, 3.63) is 33.8 Å². The molecule has 1 amide bonds. The van der Waals surface area contributed by atoms with Crippen LogP contribution >= 0.6 is 23.2 Å². The van der Waals surface area contributed by atoms with E-state index in [1.165, 1.54) is 0 Å². The van der Waals surface area contributed by atoms with Gasteiger partial charge in [0.05, 0.1) is 0 Å². The van der Waals surface area contributed by atoms with E-state index in [1.807, 2.05) is 0 Å². The molecule has 5 nitrogen and oxygen atoms in total. The zero-order chi connectivity index (χ0) is 18.2. The van der Waals surface area contributed by atoms with Gasteiger partial charge in [-0.05, 0) is 55.4 Å². The van der Waals surface area contributed by atoms with Gasteiger partial charge in [-0.15, -0.1) is 0 Å². The molecule has 0 radical (unpaired) electrons. The van der Waals surface area contributed by atoms with Gasteiger partial charge in [0.1, 0.15) is 6.04 Å². The first-order chi connectivity index (χ1) is 11.9. The van der Waals surface area contributed by atoms with Crippen molar-refractivity contribution in [3.63, 3.8) is 0 Å². The SMILES string of the molecule is O=C(CCCC1CCOCC1)NC(Cc1cc(Cl)cc(Cl)c1)C(=O)O. The fourth-order valence-electron chi connectivity index (χ4n) is 3.02. The van der Waals surface area contributed by atoms with Crippen LogP contribution in [-0.2, 0) is 20.7 Å². The molecule has 7 heteroatoms. The van der Waals surface area contributed by atoms with Gasteiger partial charge in [-0.1, -0.05) is 23.2 Å². The average Bonchev–Trinajstić information content (AvgIpc) is 2.54. The molecule has 0 bridgehead atoms. The predicted octanol–water partition coefficient (Wildman–Crippen LogP) is 3.70. The molecular weight excluding hydrogens is 365 g/mol. The van der Waals surface area contributed by atoms with Crippen LogP contribution in [0.2, 0.25) is 10.0 Å². The van der Waals surface area contributed by atoms with Crippen LogP contribution in [0.3, 0.4) is 0 Å². The molecule has 25 heavy (non-hydrogen) atoms. The minimum atomic E-state index is -1.08. The average molecular weight is 388 g/mol. The van der Waals surface area contributed by atoms with Crippen molar-refractivity contribution in [3.8, 4) is 0 Å². The normalized spacial score (nSPS) is 16.4. The van der Waals surface area contributed by atoms with Crippen molar-refractivity contribution in [2.75, 3.05) is 13.2 Å². The Hall–Kier alpha value is -1.30. The summed E-state index contributed by atoms with van der Waals surface area (Å²) in [5.41, 5.74) is 0.674. The van der Waals surface area contributed by atoms with E-state index in [4.69, 9.17) is 27.9 Å². The zero-order valence-corrected chi connectivity index (χ0v) is 15.5. The lowest BCUT2D eigenvalue weighted by atomic mass is 9.94. The summed E-state index contributed by atoms with van der Waals surface area (Å²) in [5, 5.41) is 12.8. The summed E-state index contributed by atoms with van der Waals surface area (Å²) < 4.78 is 5.32. The molecule has 1 aromatic rings. The summed E-state index contributed by atoms with van der Waals surface area (Å²) in [7, 11) is 0. The number of rotatable bonds is 8. The van der Waals surface area contributed by atoms with Gasteiger partial charge in [0.2, 0.25) is 5.91 Å². The third-order valence-electron chi connectivity index (χ3n) is 4.35. The molecule has 1 fully saturated rings. The van der Waals surface area contributed by atoms with E-state index in [1.54, 1.807) is 18.2 Å². The minimum Gasteiger partial charge on any atom is -0.480 e. The van der Waals surface area contributed by atoms with E-state index in [-0.39, 0.29) is 12.3 Å². The Bertz CT molecular complexity index is 582. The van der Waals surface area contributed by atoms with E-state index in [0.29, 0.717) is 27.9 Å². The first-order valence-electron chi connectivity index (χ1n) is 8.49. The largest absolute Gasteiger partial charge is 0.480 e. The molecule has 0 aromatic heterocycles. The molecule has 1 saturated heterocycles. The smallest absolute Gasteiger partial charge is 0.326 e. The van der Waals surface area contributed by atoms with Crippen LogP contribution in [0.25, 0.3) is 0 Å². The molecule has 1 aromatic carbocycles. The van der Waals surface area contributed by atoms with Crippen LogP contribution in [0, 0.1) is 5.92 Å². The summed E-state index contributed by atoms with van der Waals surface area (Å²) >= 11 is 11.9. The second-order valence-electron chi connectivity index (χ2n) is 6.39. The molecule has 0 aliphatic carbocycles. The number of amides is 1. The number of carbonyl (C=O) groups excluding carboxylic acids is 1. The standard InChI is InChI=1S/C18H23Cl2NO4/c19-14-8-13(9-15(20)11-14)10-16(18(23)24)21-17(22)3-1-2-12-4-6-25-7-5-12/h8-9,11-12,16H,1-7,10H2,(H,21,22)(H,23,24). The van der Waals surface area contributed by atoms with E-state index in [9.17, 15) is 14.7 Å². The van der Waals surface area contributed by atoms with Crippen LogP contribution < -0.4 is 5.32 Å². The fraction of sp³-hybridized carbons (Fsp3) is 0.556. The van der Waals surface area contributed by atoms with Crippen molar-refractivity contribution in [1.82, 2.24) is 5.32 Å². The second kappa shape index (κ2) is 10.00. The Balaban J connectivity index is 1.81. The number of carboxylic acid groups (broad SMARTS) is 1. The van der Waals surface area contributed by atoms with Gasteiger partial charge in [-0.25, -0.2) is 4.79 Å². The third kappa shape index (κ3) is 7.22. The number of aliphatic carboxylic acids is 1. The molecule has 1 atom stereocenters. The molecule has 2 rings (SSSR count). The zero-order valence-electron chi connectivity index (χ0n) is 14.0. The maximum Gasteiger partial charge on any atom is 0.326 e. The van der Waals surface area contributed by atoms with Crippen LogP contribution in [0.1, 0.15) is 37.7 Å². The number of hydrogen-bond acceptors (Lipinski definition) is 3. The second-order valence-corrected chi connectivity index (χ2v) is 7.26. The van der Waals surface area contributed by atoms with Crippen molar-refractivity contribution < 1.29 is 19.4 Å². The van der Waals surface area contributed by atoms with Crippen LogP contribution in [-0.4, -0.2) is 36.2 Å². The molecular formula is C18H23Cl2NO4. The molecule has 2 N–H and O–H groups in total. The molecule has 1 heterocycles. The van der Waals surface area contributed by atoms with Gasteiger partial charge >= 0.3 is 5.97 Å². The summed E-state index contributed by atoms with van der Waals surface area (Å²) in [6.45, 7) is 1.58. The van der Waals surface area contributed by atoms with Gasteiger partial charge in [0.25, 0.3) is 0 Å². The minimum absolute atomic E-state index is 0.140. The van der Waals surface area contributed by atoms with E-state index >= 15 is 0 Å². The van der Waals surface area contributed by atoms with Crippen LogP contribution in [0.5, 0.6) is 0 Å². The molecule has 138 valence electrons. The number of nitrogens with one attached hydrogen (secondary N) is 1. The van der Waals surface area contributed by atoms with Crippen molar-refractivity contribution in [2.24, 2.45) is 5.92 Å². The van der Waals surface area contributed by atoms with E-state index in [0.717, 1.165) is 38.9 Å². The third-order valence-corrected chi connectivity index (χ3v) is 4.79. The van der Waals surface area contributed by atoms with E-state index < -0.39 is 12.0 Å². The number of carboxylic acids is 1. The monoisotopic (exact) mass is 387 g/mol. The van der Waals surface area contributed by atoms with Crippen molar-refractivity contribution in [1.29, 1.82) is 0 Å². The maximum absolute atomic E-state index is 12.1. The highest BCUT2D eigenvalue weighted by Gasteiger charge is 2.21. The van der Waals surface area contributed by atoms with E-state index in [2.05, 4.69) is 5.32 Å². The van der Waals surface area contributed by atoms with Gasteiger partial charge in [-0.2, -0.15) is 0 Å². The van der Waals surface area contributed by atoms with Crippen LogP contribution in [0.15, 0.2) is 18.2 Å². The number of carbonyl (C=O) groups is 2. The molecule has 1 unspecified atom stereocenters. The lowest BCUT2D eigenvalue weighted by Gasteiger charge is -2.21. The number of benzene rings is 1. The van der Waals surface area contributed by atoms with Crippen LogP contribution in [0.4, 0.5) is 0 Å². The Morgan fingerprint density at radius 2 is 1.84 bits per heavy atom. The topological polar surface area (TPSA) is 75.6 Å². The number of halogens is 2. The first kappa shape index (κ1) is 20.0. The molecule has 1 aliphatic heterocycles. The summed E-state index contributed by atoms with van der Waals surface area (Å²) in [6.07, 6.45) is 4.27. The first-order valence-corrected chi connectivity index (χ1v) is 9.24. The Labute approximate surface area is 157 Å². The van der Waals surface area contributed by atoms with Crippen molar-refractivity contribution >= 4 is 35.1 Å². The summed E-state index contributed by atoms with van der Waals surface area (Å²) in [5.74, 6) is -0.716. The Morgan fingerprint density at radius 1 is 1.20 bits per heavy atom. The highest BCUT2D eigenvalue weighted by atomic mass is 35.5. The molecule has 0 saturated carbocycles. The predicted molar refractivity (Wildman–Crippen MR) is 97.1 cm³/mol. The van der Waals surface area contributed by atoms with Gasteiger partial charge < -0.3 is 15.2 Å².